The van der Waals surface area contributed by atoms with Gasteiger partial charge in [0.05, 0.1) is 11.1 Å². The highest BCUT2D eigenvalue weighted by Gasteiger charge is 2.23. The van der Waals surface area contributed by atoms with Crippen LogP contribution < -0.4 is 4.18 Å². The van der Waals surface area contributed by atoms with Crippen LogP contribution in [0.2, 0.25) is 0 Å². The standard InChI is InChI=1S/C16H14O7S/c1-9-3-4-10(2)14(7-9)23-24(21,22)11-5-6-12(15(17)18)13(8-11)16(19)20/h3-8H,1-2H3,(H,17,18)(H,19,20). The topological polar surface area (TPSA) is 118 Å². The van der Waals surface area contributed by atoms with Crippen LogP contribution in [0, 0.1) is 13.8 Å². The van der Waals surface area contributed by atoms with Gasteiger partial charge in [-0.3, -0.25) is 0 Å². The number of carboxylic acids is 2. The quantitative estimate of drug-likeness (QED) is 0.795. The maximum absolute atomic E-state index is 12.4. The molecule has 7 nitrogen and oxygen atoms in total. The van der Waals surface area contributed by atoms with Crippen molar-refractivity contribution in [3.05, 3.63) is 58.7 Å². The first-order valence-electron chi connectivity index (χ1n) is 6.74. The third-order valence-electron chi connectivity index (χ3n) is 3.28. The van der Waals surface area contributed by atoms with Gasteiger partial charge in [0.1, 0.15) is 10.6 Å². The zero-order valence-electron chi connectivity index (χ0n) is 12.8. The second-order valence-corrected chi connectivity index (χ2v) is 6.67. The molecular weight excluding hydrogens is 336 g/mol. The number of carboxylic acid groups (broad SMARTS) is 2. The Labute approximate surface area is 138 Å². The monoisotopic (exact) mass is 350 g/mol. The summed E-state index contributed by atoms with van der Waals surface area (Å²) in [6, 6.07) is 7.71. The zero-order chi connectivity index (χ0) is 18.1. The lowest BCUT2D eigenvalue weighted by Crippen LogP contribution is -2.14. The minimum atomic E-state index is -4.31. The molecule has 0 saturated heterocycles. The van der Waals surface area contributed by atoms with Crippen LogP contribution in [-0.2, 0) is 10.1 Å². The average Bonchev–Trinajstić information content (AvgIpc) is 2.50. The van der Waals surface area contributed by atoms with Gasteiger partial charge in [0, 0.05) is 0 Å². The van der Waals surface area contributed by atoms with Gasteiger partial charge < -0.3 is 14.4 Å². The number of rotatable bonds is 5. The van der Waals surface area contributed by atoms with Crippen molar-refractivity contribution in [1.82, 2.24) is 0 Å². The summed E-state index contributed by atoms with van der Waals surface area (Å²) in [6.45, 7) is 3.43. The number of carbonyl (C=O) groups is 2. The van der Waals surface area contributed by atoms with Gasteiger partial charge in [-0.25, -0.2) is 9.59 Å². The lowest BCUT2D eigenvalue weighted by Gasteiger charge is -2.11. The molecule has 0 amide bonds. The van der Waals surface area contributed by atoms with E-state index in [4.69, 9.17) is 14.4 Å². The zero-order valence-corrected chi connectivity index (χ0v) is 13.6. The molecule has 2 rings (SSSR count). The van der Waals surface area contributed by atoms with Crippen molar-refractivity contribution in [3.63, 3.8) is 0 Å². The highest BCUT2D eigenvalue weighted by molar-refractivity contribution is 7.87. The van der Waals surface area contributed by atoms with E-state index in [1.54, 1.807) is 26.0 Å². The van der Waals surface area contributed by atoms with Gasteiger partial charge in [-0.15, -0.1) is 0 Å². The molecule has 0 bridgehead atoms. The van der Waals surface area contributed by atoms with Gasteiger partial charge in [0.15, 0.2) is 0 Å². The maximum Gasteiger partial charge on any atom is 0.339 e. The third-order valence-corrected chi connectivity index (χ3v) is 4.51. The highest BCUT2D eigenvalue weighted by atomic mass is 32.2. The van der Waals surface area contributed by atoms with E-state index in [-0.39, 0.29) is 5.75 Å². The molecule has 0 aliphatic heterocycles. The summed E-state index contributed by atoms with van der Waals surface area (Å²) in [5.74, 6) is -2.89. The minimum Gasteiger partial charge on any atom is -0.478 e. The van der Waals surface area contributed by atoms with E-state index in [0.717, 1.165) is 23.8 Å². The van der Waals surface area contributed by atoms with Gasteiger partial charge in [0.25, 0.3) is 0 Å². The summed E-state index contributed by atoms with van der Waals surface area (Å²) >= 11 is 0. The number of hydrogen-bond donors (Lipinski definition) is 2. The van der Waals surface area contributed by atoms with E-state index in [9.17, 15) is 18.0 Å². The van der Waals surface area contributed by atoms with Crippen LogP contribution in [0.25, 0.3) is 0 Å². The fraction of sp³-hybridized carbons (Fsp3) is 0.125. The Balaban J connectivity index is 2.50. The average molecular weight is 350 g/mol. The highest BCUT2D eigenvalue weighted by Crippen LogP contribution is 2.25. The maximum atomic E-state index is 12.4. The first kappa shape index (κ1) is 17.5. The molecule has 24 heavy (non-hydrogen) atoms. The number of aryl methyl sites for hydroxylation is 2. The van der Waals surface area contributed by atoms with Crippen LogP contribution in [0.3, 0.4) is 0 Å². The summed E-state index contributed by atoms with van der Waals surface area (Å²) < 4.78 is 29.8. The summed E-state index contributed by atoms with van der Waals surface area (Å²) in [5.41, 5.74) is 0.240. The van der Waals surface area contributed by atoms with Crippen molar-refractivity contribution in [3.8, 4) is 5.75 Å². The molecule has 2 aromatic rings. The Hall–Kier alpha value is -2.87. The van der Waals surface area contributed by atoms with Crippen molar-refractivity contribution in [1.29, 1.82) is 0 Å². The molecule has 0 aromatic heterocycles. The van der Waals surface area contributed by atoms with Crippen LogP contribution in [0.5, 0.6) is 5.75 Å². The second kappa shape index (κ2) is 6.32. The van der Waals surface area contributed by atoms with Crippen LogP contribution in [-0.4, -0.2) is 30.6 Å². The molecule has 0 heterocycles. The Bertz CT molecular complexity index is 929. The lowest BCUT2D eigenvalue weighted by molar-refractivity contribution is 0.0651. The van der Waals surface area contributed by atoms with E-state index in [2.05, 4.69) is 0 Å². The molecule has 0 spiro atoms. The molecule has 0 saturated carbocycles. The smallest absolute Gasteiger partial charge is 0.339 e. The van der Waals surface area contributed by atoms with E-state index < -0.39 is 38.1 Å². The van der Waals surface area contributed by atoms with Crippen molar-refractivity contribution in [2.45, 2.75) is 18.7 Å². The van der Waals surface area contributed by atoms with Gasteiger partial charge in [-0.05, 0) is 49.2 Å². The van der Waals surface area contributed by atoms with Gasteiger partial charge in [-0.2, -0.15) is 8.42 Å². The molecule has 0 radical (unpaired) electrons. The molecule has 0 aliphatic carbocycles. The third kappa shape index (κ3) is 3.54. The summed E-state index contributed by atoms with van der Waals surface area (Å²) in [4.78, 5) is 21.7. The Morgan fingerprint density at radius 1 is 0.917 bits per heavy atom. The molecule has 0 unspecified atom stereocenters. The first-order chi connectivity index (χ1) is 11.1. The molecule has 0 aliphatic rings. The van der Waals surface area contributed by atoms with Gasteiger partial charge in [0.2, 0.25) is 0 Å². The molecule has 0 fully saturated rings. The van der Waals surface area contributed by atoms with E-state index in [0.29, 0.717) is 5.56 Å². The van der Waals surface area contributed by atoms with Crippen molar-refractivity contribution >= 4 is 22.1 Å². The predicted octanol–water partition coefficient (Wildman–Crippen LogP) is 2.47. The molecule has 8 heteroatoms. The summed E-state index contributed by atoms with van der Waals surface area (Å²) in [7, 11) is -4.31. The molecule has 126 valence electrons. The van der Waals surface area contributed by atoms with Crippen molar-refractivity contribution in [2.75, 3.05) is 0 Å². The van der Waals surface area contributed by atoms with Gasteiger partial charge in [-0.1, -0.05) is 12.1 Å². The van der Waals surface area contributed by atoms with Gasteiger partial charge >= 0.3 is 22.1 Å². The Morgan fingerprint density at radius 2 is 1.54 bits per heavy atom. The molecular formula is C16H14O7S. The Morgan fingerprint density at radius 3 is 2.12 bits per heavy atom. The van der Waals surface area contributed by atoms with Crippen LogP contribution >= 0.6 is 0 Å². The van der Waals surface area contributed by atoms with Crippen LogP contribution in [0.15, 0.2) is 41.3 Å². The van der Waals surface area contributed by atoms with E-state index in [1.807, 2.05) is 0 Å². The minimum absolute atomic E-state index is 0.120. The van der Waals surface area contributed by atoms with Crippen LogP contribution in [0.1, 0.15) is 31.8 Å². The van der Waals surface area contributed by atoms with E-state index >= 15 is 0 Å². The summed E-state index contributed by atoms with van der Waals surface area (Å²) in [6.07, 6.45) is 0. The fourth-order valence-electron chi connectivity index (χ4n) is 2.01. The first-order valence-corrected chi connectivity index (χ1v) is 8.15. The largest absolute Gasteiger partial charge is 0.478 e. The lowest BCUT2D eigenvalue weighted by atomic mass is 10.1. The number of aromatic carboxylic acids is 2. The fourth-order valence-corrected chi connectivity index (χ4v) is 3.01. The molecule has 0 atom stereocenters. The molecule has 2 aromatic carbocycles. The van der Waals surface area contributed by atoms with Crippen molar-refractivity contribution < 1.29 is 32.4 Å². The SMILES string of the molecule is Cc1ccc(C)c(OS(=O)(=O)c2ccc(C(=O)O)c(C(=O)O)c2)c1. The molecule has 2 N–H and O–H groups in total. The Kier molecular flexibility index (Phi) is 4.61. The second-order valence-electron chi connectivity index (χ2n) is 5.12. The van der Waals surface area contributed by atoms with Crippen LogP contribution in [0.4, 0.5) is 0 Å². The number of hydrogen-bond acceptors (Lipinski definition) is 5. The predicted molar refractivity (Wildman–Crippen MR) is 84.1 cm³/mol. The number of benzene rings is 2. The normalized spacial score (nSPS) is 11.1. The van der Waals surface area contributed by atoms with Crippen molar-refractivity contribution in [2.24, 2.45) is 0 Å². The summed E-state index contributed by atoms with van der Waals surface area (Å²) in [5, 5.41) is 18.0. The van der Waals surface area contributed by atoms with E-state index in [1.165, 1.54) is 6.07 Å².